The van der Waals surface area contributed by atoms with Crippen molar-refractivity contribution in [3.8, 4) is 5.75 Å². The van der Waals surface area contributed by atoms with Crippen LogP contribution in [0, 0.1) is 6.92 Å². The Hall–Kier alpha value is -1.88. The summed E-state index contributed by atoms with van der Waals surface area (Å²) < 4.78 is 13.9. The van der Waals surface area contributed by atoms with Gasteiger partial charge in [0.1, 0.15) is 23.7 Å². The molecular formula is C22H33IN6O2. The molecule has 31 heavy (non-hydrogen) atoms. The molecule has 0 amide bonds. The van der Waals surface area contributed by atoms with Gasteiger partial charge < -0.3 is 24.7 Å². The fourth-order valence-corrected chi connectivity index (χ4v) is 4.00. The molecule has 2 aliphatic heterocycles. The second-order valence-electron chi connectivity index (χ2n) is 8.70. The molecule has 2 aromatic rings. The predicted molar refractivity (Wildman–Crippen MR) is 131 cm³/mol. The number of hydrogen-bond acceptors (Lipinski definition) is 5. The van der Waals surface area contributed by atoms with Gasteiger partial charge in [-0.05, 0) is 39.7 Å². The van der Waals surface area contributed by atoms with Gasteiger partial charge in [0.05, 0.1) is 12.1 Å². The molecule has 0 aliphatic carbocycles. The third-order valence-corrected chi connectivity index (χ3v) is 5.77. The summed E-state index contributed by atoms with van der Waals surface area (Å²) in [4.78, 5) is 4.82. The molecule has 0 saturated carbocycles. The number of halogens is 1. The van der Waals surface area contributed by atoms with Crippen molar-refractivity contribution in [2.75, 3.05) is 13.2 Å². The van der Waals surface area contributed by atoms with Gasteiger partial charge in [-0.3, -0.25) is 0 Å². The average molecular weight is 540 g/mol. The van der Waals surface area contributed by atoms with E-state index in [1.165, 1.54) is 0 Å². The number of aryl methyl sites for hydroxylation is 1. The lowest BCUT2D eigenvalue weighted by molar-refractivity contribution is 0.0692. The van der Waals surface area contributed by atoms with Crippen molar-refractivity contribution in [2.24, 2.45) is 12.0 Å². The molecule has 170 valence electrons. The number of nitrogens with zero attached hydrogens (tertiary/aromatic N) is 4. The third-order valence-electron chi connectivity index (χ3n) is 5.77. The van der Waals surface area contributed by atoms with Crippen LogP contribution in [0.1, 0.15) is 56.4 Å². The maximum absolute atomic E-state index is 6.18. The van der Waals surface area contributed by atoms with Crippen LogP contribution < -0.4 is 15.4 Å². The van der Waals surface area contributed by atoms with E-state index in [9.17, 15) is 0 Å². The predicted octanol–water partition coefficient (Wildman–Crippen LogP) is 3.26. The van der Waals surface area contributed by atoms with Crippen LogP contribution in [0.25, 0.3) is 0 Å². The molecule has 2 N–H and O–H groups in total. The van der Waals surface area contributed by atoms with Crippen molar-refractivity contribution in [2.45, 2.75) is 64.3 Å². The number of aliphatic imine (C=N–C) groups is 1. The summed E-state index contributed by atoms with van der Waals surface area (Å²) in [6, 6.07) is 8.31. The Morgan fingerprint density at radius 1 is 1.29 bits per heavy atom. The summed E-state index contributed by atoms with van der Waals surface area (Å²) in [5.74, 6) is 3.39. The zero-order valence-corrected chi connectivity index (χ0v) is 21.1. The highest BCUT2D eigenvalue weighted by atomic mass is 127. The minimum atomic E-state index is -0.258. The number of guanidine groups is 1. The maximum Gasteiger partial charge on any atom is 0.192 e. The van der Waals surface area contributed by atoms with Gasteiger partial charge in [0.25, 0.3) is 0 Å². The molecule has 0 bridgehead atoms. The van der Waals surface area contributed by atoms with E-state index in [2.05, 4.69) is 40.7 Å². The molecule has 3 heterocycles. The first-order valence-electron chi connectivity index (χ1n) is 10.7. The van der Waals surface area contributed by atoms with Gasteiger partial charge in [-0.25, -0.2) is 4.99 Å². The Morgan fingerprint density at radius 3 is 2.81 bits per heavy atom. The number of aromatic nitrogens is 3. The molecule has 1 aromatic carbocycles. The number of hydrogen-bond donors (Lipinski definition) is 2. The molecule has 2 atom stereocenters. The number of para-hydroxylation sites is 1. The van der Waals surface area contributed by atoms with Crippen molar-refractivity contribution < 1.29 is 9.47 Å². The lowest BCUT2D eigenvalue weighted by atomic mass is 9.90. The lowest BCUT2D eigenvalue weighted by Gasteiger charge is -2.38. The normalized spacial score (nSPS) is 22.3. The van der Waals surface area contributed by atoms with E-state index in [1.807, 2.05) is 36.7 Å². The van der Waals surface area contributed by atoms with Crippen LogP contribution in [0.3, 0.4) is 0 Å². The topological polar surface area (TPSA) is 85.6 Å². The number of ether oxygens (including phenoxy) is 2. The van der Waals surface area contributed by atoms with Crippen molar-refractivity contribution in [3.63, 3.8) is 0 Å². The smallest absolute Gasteiger partial charge is 0.192 e. The van der Waals surface area contributed by atoms with Gasteiger partial charge in [0.15, 0.2) is 11.8 Å². The summed E-state index contributed by atoms with van der Waals surface area (Å²) in [5, 5.41) is 15.5. The standard InChI is InChI=1S/C22H32N6O2.HI/c1-15-26-27-20(28(15)4)14-24-21(23-13-16-8-7-11-29-16)25-18-12-22(2,3)30-19-10-6-5-9-17(18)19;/h5-6,9-10,16,18H,7-8,11-14H2,1-4H3,(H2,23,24,25);1H. The Kier molecular flexibility index (Phi) is 7.79. The summed E-state index contributed by atoms with van der Waals surface area (Å²) in [6.07, 6.45) is 3.27. The molecule has 2 unspecified atom stereocenters. The lowest BCUT2D eigenvalue weighted by Crippen LogP contribution is -2.46. The highest BCUT2D eigenvalue weighted by Gasteiger charge is 2.34. The van der Waals surface area contributed by atoms with E-state index in [0.717, 1.165) is 61.3 Å². The molecule has 4 rings (SSSR count). The van der Waals surface area contributed by atoms with E-state index in [0.29, 0.717) is 6.54 Å². The summed E-state index contributed by atoms with van der Waals surface area (Å²) >= 11 is 0. The van der Waals surface area contributed by atoms with E-state index in [1.54, 1.807) is 0 Å². The Bertz CT molecular complexity index is 907. The van der Waals surface area contributed by atoms with Crippen LogP contribution in [0.2, 0.25) is 0 Å². The quantitative estimate of drug-likeness (QED) is 0.344. The zero-order chi connectivity index (χ0) is 21.1. The second kappa shape index (κ2) is 10.2. The van der Waals surface area contributed by atoms with Crippen molar-refractivity contribution in [1.29, 1.82) is 0 Å². The van der Waals surface area contributed by atoms with E-state index < -0.39 is 0 Å². The van der Waals surface area contributed by atoms with E-state index in [-0.39, 0.29) is 41.7 Å². The fourth-order valence-electron chi connectivity index (χ4n) is 4.00. The molecule has 9 heteroatoms. The zero-order valence-electron chi connectivity index (χ0n) is 18.7. The van der Waals surface area contributed by atoms with Gasteiger partial charge in [-0.2, -0.15) is 0 Å². The fraction of sp³-hybridized carbons (Fsp3) is 0.591. The number of rotatable bonds is 5. The summed E-state index contributed by atoms with van der Waals surface area (Å²) in [7, 11) is 1.96. The Morgan fingerprint density at radius 2 is 2.10 bits per heavy atom. The highest BCUT2D eigenvalue weighted by Crippen LogP contribution is 2.39. The van der Waals surface area contributed by atoms with Gasteiger partial charge in [-0.15, -0.1) is 34.2 Å². The molecule has 1 fully saturated rings. The van der Waals surface area contributed by atoms with Gasteiger partial charge in [-0.1, -0.05) is 18.2 Å². The minimum Gasteiger partial charge on any atom is -0.487 e. The van der Waals surface area contributed by atoms with Crippen LogP contribution in [-0.4, -0.2) is 45.6 Å². The van der Waals surface area contributed by atoms with Crippen molar-refractivity contribution >= 4 is 29.9 Å². The third kappa shape index (κ3) is 5.88. The number of nitrogens with one attached hydrogen (secondary N) is 2. The Balaban J connectivity index is 0.00000272. The number of fused-ring (bicyclic) bond motifs is 1. The molecule has 1 aromatic heterocycles. The van der Waals surface area contributed by atoms with Crippen molar-refractivity contribution in [1.82, 2.24) is 25.4 Å². The second-order valence-corrected chi connectivity index (χ2v) is 8.70. The molecule has 0 radical (unpaired) electrons. The van der Waals surface area contributed by atoms with Crippen LogP contribution in [0.5, 0.6) is 5.75 Å². The maximum atomic E-state index is 6.18. The van der Waals surface area contributed by atoms with Gasteiger partial charge in [0.2, 0.25) is 0 Å². The average Bonchev–Trinajstić information content (AvgIpc) is 3.34. The molecule has 0 spiro atoms. The number of benzene rings is 1. The van der Waals surface area contributed by atoms with E-state index >= 15 is 0 Å². The summed E-state index contributed by atoms with van der Waals surface area (Å²) in [6.45, 7) is 8.21. The molecule has 8 nitrogen and oxygen atoms in total. The van der Waals surface area contributed by atoms with Crippen LogP contribution >= 0.6 is 24.0 Å². The SMILES string of the molecule is Cc1nnc(CN=C(NCC2CCCO2)NC2CC(C)(C)Oc3ccccc32)n1C.I. The van der Waals surface area contributed by atoms with Crippen LogP contribution in [0.4, 0.5) is 0 Å². The van der Waals surface area contributed by atoms with Gasteiger partial charge >= 0.3 is 0 Å². The first-order valence-corrected chi connectivity index (χ1v) is 10.7. The van der Waals surface area contributed by atoms with E-state index in [4.69, 9.17) is 14.5 Å². The van der Waals surface area contributed by atoms with Crippen LogP contribution in [0.15, 0.2) is 29.3 Å². The van der Waals surface area contributed by atoms with Crippen LogP contribution in [-0.2, 0) is 18.3 Å². The Labute approximate surface area is 201 Å². The summed E-state index contributed by atoms with van der Waals surface area (Å²) in [5.41, 5.74) is 0.893. The van der Waals surface area contributed by atoms with Gasteiger partial charge in [0, 0.05) is 32.2 Å². The molecular weight excluding hydrogens is 507 g/mol. The first-order chi connectivity index (χ1) is 14.4. The molecule has 2 aliphatic rings. The highest BCUT2D eigenvalue weighted by molar-refractivity contribution is 14.0. The monoisotopic (exact) mass is 540 g/mol. The largest absolute Gasteiger partial charge is 0.487 e. The molecule has 1 saturated heterocycles. The van der Waals surface area contributed by atoms with Crippen molar-refractivity contribution in [3.05, 3.63) is 41.5 Å². The minimum absolute atomic E-state index is 0. The first kappa shape index (κ1) is 23.8.